The van der Waals surface area contributed by atoms with E-state index >= 15 is 0 Å². The van der Waals surface area contributed by atoms with Crippen molar-refractivity contribution in [1.82, 2.24) is 10.3 Å². The number of furan rings is 1. The van der Waals surface area contributed by atoms with Crippen molar-refractivity contribution in [3.8, 4) is 0 Å². The van der Waals surface area contributed by atoms with E-state index < -0.39 is 0 Å². The number of anilines is 1. The lowest BCUT2D eigenvalue weighted by molar-refractivity contribution is 0.0947. The molecule has 1 amide bonds. The van der Waals surface area contributed by atoms with E-state index in [1.54, 1.807) is 48.9 Å². The second-order valence-corrected chi connectivity index (χ2v) is 5.17. The van der Waals surface area contributed by atoms with Crippen LogP contribution in [0.25, 0.3) is 0 Å². The molecule has 122 valence electrons. The Morgan fingerprint density at radius 1 is 1.12 bits per heavy atom. The van der Waals surface area contributed by atoms with Crippen LogP contribution in [0.15, 0.2) is 65.5 Å². The van der Waals surface area contributed by atoms with Gasteiger partial charge in [0, 0.05) is 24.5 Å². The monoisotopic (exact) mass is 325 g/mol. The number of carbonyl (C=O) groups is 1. The molecule has 0 aliphatic rings. The summed E-state index contributed by atoms with van der Waals surface area (Å²) in [5.74, 6) is 0.142. The van der Waals surface area contributed by atoms with Crippen LogP contribution in [-0.2, 0) is 13.1 Å². The Morgan fingerprint density at radius 3 is 2.79 bits per heavy atom. The highest BCUT2D eigenvalue weighted by Crippen LogP contribution is 2.12. The molecule has 0 spiro atoms. The van der Waals surface area contributed by atoms with Crippen LogP contribution in [-0.4, -0.2) is 10.9 Å². The van der Waals surface area contributed by atoms with E-state index in [-0.39, 0.29) is 11.7 Å². The molecule has 5 nitrogen and oxygen atoms in total. The Labute approximate surface area is 138 Å². The second-order valence-electron chi connectivity index (χ2n) is 5.17. The van der Waals surface area contributed by atoms with E-state index in [0.29, 0.717) is 35.7 Å². The van der Waals surface area contributed by atoms with Gasteiger partial charge in [-0.15, -0.1) is 0 Å². The normalized spacial score (nSPS) is 10.4. The third-order valence-electron chi connectivity index (χ3n) is 3.44. The molecule has 2 aromatic heterocycles. The van der Waals surface area contributed by atoms with Gasteiger partial charge < -0.3 is 15.1 Å². The molecule has 0 aliphatic carbocycles. The number of amides is 1. The van der Waals surface area contributed by atoms with Crippen molar-refractivity contribution in [2.45, 2.75) is 13.1 Å². The fourth-order valence-electron chi connectivity index (χ4n) is 2.18. The number of carbonyl (C=O) groups excluding carboxylic acids is 1. The predicted molar refractivity (Wildman–Crippen MR) is 87.8 cm³/mol. The van der Waals surface area contributed by atoms with Crippen LogP contribution >= 0.6 is 0 Å². The molecule has 0 unspecified atom stereocenters. The molecule has 1 aromatic carbocycles. The Morgan fingerprint density at radius 2 is 2.00 bits per heavy atom. The lowest BCUT2D eigenvalue weighted by atomic mass is 10.2. The van der Waals surface area contributed by atoms with Crippen molar-refractivity contribution in [3.05, 3.63) is 83.8 Å². The molecule has 6 heteroatoms. The van der Waals surface area contributed by atoms with Crippen LogP contribution in [0, 0.1) is 5.82 Å². The maximum absolute atomic E-state index is 13.6. The zero-order chi connectivity index (χ0) is 16.8. The third-order valence-corrected chi connectivity index (χ3v) is 3.44. The third kappa shape index (κ3) is 3.98. The average Bonchev–Trinajstić information content (AvgIpc) is 3.13. The van der Waals surface area contributed by atoms with Crippen molar-refractivity contribution >= 4 is 11.6 Å². The minimum atomic E-state index is -0.273. The van der Waals surface area contributed by atoms with Gasteiger partial charge in [-0.05, 0) is 24.3 Å². The van der Waals surface area contributed by atoms with Gasteiger partial charge in [0.25, 0.3) is 5.91 Å². The lowest BCUT2D eigenvalue weighted by Crippen LogP contribution is -2.22. The minimum absolute atomic E-state index is 0.256. The molecule has 0 fully saturated rings. The molecule has 3 rings (SSSR count). The first-order valence-electron chi connectivity index (χ1n) is 7.45. The van der Waals surface area contributed by atoms with Gasteiger partial charge in [-0.2, -0.15) is 0 Å². The van der Waals surface area contributed by atoms with E-state index in [1.807, 2.05) is 0 Å². The zero-order valence-corrected chi connectivity index (χ0v) is 12.8. The number of benzene rings is 1. The first-order valence-corrected chi connectivity index (χ1v) is 7.45. The van der Waals surface area contributed by atoms with E-state index in [2.05, 4.69) is 15.6 Å². The second kappa shape index (κ2) is 7.41. The molecule has 0 radical (unpaired) electrons. The molecular weight excluding hydrogens is 309 g/mol. The fourth-order valence-corrected chi connectivity index (χ4v) is 2.18. The summed E-state index contributed by atoms with van der Waals surface area (Å²) < 4.78 is 18.8. The molecule has 0 aliphatic heterocycles. The number of hydrogen-bond acceptors (Lipinski definition) is 4. The number of hydrogen-bond donors (Lipinski definition) is 2. The van der Waals surface area contributed by atoms with Gasteiger partial charge >= 0.3 is 0 Å². The molecular formula is C18H16FN3O2. The maximum atomic E-state index is 13.6. The van der Waals surface area contributed by atoms with Crippen molar-refractivity contribution < 1.29 is 13.6 Å². The highest BCUT2D eigenvalue weighted by molar-refractivity contribution is 5.94. The van der Waals surface area contributed by atoms with Crippen LogP contribution in [0.2, 0.25) is 0 Å². The van der Waals surface area contributed by atoms with Gasteiger partial charge in [-0.3, -0.25) is 9.78 Å². The number of nitrogens with one attached hydrogen (secondary N) is 2. The molecule has 2 N–H and O–H groups in total. The van der Waals surface area contributed by atoms with Gasteiger partial charge in [0.15, 0.2) is 0 Å². The number of rotatable bonds is 6. The molecule has 2 heterocycles. The summed E-state index contributed by atoms with van der Waals surface area (Å²) in [6.45, 7) is 0.616. The van der Waals surface area contributed by atoms with Gasteiger partial charge in [0.05, 0.1) is 24.1 Å². The van der Waals surface area contributed by atoms with Crippen LogP contribution < -0.4 is 10.6 Å². The van der Waals surface area contributed by atoms with Crippen molar-refractivity contribution in [2.24, 2.45) is 0 Å². The summed E-state index contributed by atoms with van der Waals surface area (Å²) in [4.78, 5) is 16.2. The molecule has 0 saturated heterocycles. The molecule has 0 atom stereocenters. The number of aromatic nitrogens is 1. The fraction of sp³-hybridized carbons (Fsp3) is 0.111. The zero-order valence-electron chi connectivity index (χ0n) is 12.8. The smallest absolute Gasteiger partial charge is 0.253 e. The first-order chi connectivity index (χ1) is 11.7. The van der Waals surface area contributed by atoms with Gasteiger partial charge in [-0.1, -0.05) is 18.2 Å². The highest BCUT2D eigenvalue weighted by Gasteiger charge is 2.08. The van der Waals surface area contributed by atoms with E-state index in [1.165, 1.54) is 12.3 Å². The Kier molecular flexibility index (Phi) is 4.86. The summed E-state index contributed by atoms with van der Waals surface area (Å²) in [5.41, 5.74) is 1.61. The molecule has 0 saturated carbocycles. The quantitative estimate of drug-likeness (QED) is 0.729. The Hall–Kier alpha value is -3.15. The predicted octanol–water partition coefficient (Wildman–Crippen LogP) is 3.36. The topological polar surface area (TPSA) is 67.2 Å². The van der Waals surface area contributed by atoms with Gasteiger partial charge in [0.1, 0.15) is 11.6 Å². The van der Waals surface area contributed by atoms with E-state index in [9.17, 15) is 9.18 Å². The molecule has 24 heavy (non-hydrogen) atoms. The maximum Gasteiger partial charge on any atom is 0.253 e. The highest BCUT2D eigenvalue weighted by atomic mass is 19.1. The Balaban J connectivity index is 1.61. The number of pyridine rings is 1. The van der Waals surface area contributed by atoms with Crippen molar-refractivity contribution in [2.75, 3.05) is 5.32 Å². The van der Waals surface area contributed by atoms with E-state index in [4.69, 9.17) is 4.42 Å². The first kappa shape index (κ1) is 15.7. The van der Waals surface area contributed by atoms with Crippen LogP contribution in [0.4, 0.5) is 10.1 Å². The standard InChI is InChI=1S/C18H16FN3O2/c19-17-6-2-1-4-13(17)10-21-15-8-14(9-20-11-15)18(23)22-12-16-5-3-7-24-16/h1-9,11,21H,10,12H2,(H,22,23). The van der Waals surface area contributed by atoms with E-state index in [0.717, 1.165) is 0 Å². The van der Waals surface area contributed by atoms with Crippen molar-refractivity contribution in [3.63, 3.8) is 0 Å². The summed E-state index contributed by atoms with van der Waals surface area (Å²) in [6.07, 6.45) is 4.62. The summed E-state index contributed by atoms with van der Waals surface area (Å²) in [5, 5.41) is 5.82. The largest absolute Gasteiger partial charge is 0.467 e. The van der Waals surface area contributed by atoms with Crippen LogP contribution in [0.3, 0.4) is 0 Å². The average molecular weight is 325 g/mol. The Bertz CT molecular complexity index is 819. The van der Waals surface area contributed by atoms with Gasteiger partial charge in [-0.25, -0.2) is 4.39 Å². The molecule has 3 aromatic rings. The number of nitrogens with zero attached hydrogens (tertiary/aromatic N) is 1. The van der Waals surface area contributed by atoms with Gasteiger partial charge in [0.2, 0.25) is 0 Å². The van der Waals surface area contributed by atoms with Crippen LogP contribution in [0.5, 0.6) is 0 Å². The SMILES string of the molecule is O=C(NCc1ccco1)c1cncc(NCc2ccccc2F)c1. The summed E-state index contributed by atoms with van der Waals surface area (Å²) >= 11 is 0. The molecule has 0 bridgehead atoms. The minimum Gasteiger partial charge on any atom is -0.467 e. The summed E-state index contributed by atoms with van der Waals surface area (Å²) in [6, 6.07) is 11.7. The van der Waals surface area contributed by atoms with Crippen LogP contribution in [0.1, 0.15) is 21.7 Å². The number of halogens is 1. The summed E-state index contributed by atoms with van der Waals surface area (Å²) in [7, 11) is 0. The van der Waals surface area contributed by atoms with Crippen molar-refractivity contribution in [1.29, 1.82) is 0 Å². The lowest BCUT2D eigenvalue weighted by Gasteiger charge is -2.09.